The summed E-state index contributed by atoms with van der Waals surface area (Å²) in [6.07, 6.45) is 2.65. The summed E-state index contributed by atoms with van der Waals surface area (Å²) in [7, 11) is 0. The van der Waals surface area contributed by atoms with Crippen molar-refractivity contribution in [3.05, 3.63) is 38.8 Å². The van der Waals surface area contributed by atoms with Crippen LogP contribution in [0.1, 0.15) is 13.3 Å². The molecule has 0 amide bonds. The first kappa shape index (κ1) is 14.5. The molecule has 0 saturated heterocycles. The van der Waals surface area contributed by atoms with E-state index in [9.17, 15) is 4.39 Å². The van der Waals surface area contributed by atoms with E-state index >= 15 is 0 Å². The third-order valence-corrected chi connectivity index (χ3v) is 3.56. The molecule has 0 unspecified atom stereocenters. The number of hydrogen-bond acceptors (Lipinski definition) is 3. The molecule has 100 valence electrons. The van der Waals surface area contributed by atoms with Gasteiger partial charge in [-0.05, 0) is 41.1 Å². The highest BCUT2D eigenvalue weighted by Gasteiger charge is 2.12. The van der Waals surface area contributed by atoms with Crippen LogP contribution in [0.2, 0.25) is 5.02 Å². The summed E-state index contributed by atoms with van der Waals surface area (Å²) >= 11 is 7.91. The smallest absolute Gasteiger partial charge is 0.164 e. The van der Waals surface area contributed by atoms with Crippen molar-refractivity contribution in [2.24, 2.45) is 0 Å². The highest BCUT2D eigenvalue weighted by atomic mass is 127. The van der Waals surface area contributed by atoms with E-state index < -0.39 is 5.82 Å². The summed E-state index contributed by atoms with van der Waals surface area (Å²) in [4.78, 5) is 8.52. The van der Waals surface area contributed by atoms with Crippen molar-refractivity contribution in [2.45, 2.75) is 13.3 Å². The third kappa shape index (κ3) is 3.33. The maximum Gasteiger partial charge on any atom is 0.164 e. The number of nitrogens with zero attached hydrogens (tertiary/aromatic N) is 2. The molecule has 3 nitrogen and oxygen atoms in total. The zero-order valence-electron chi connectivity index (χ0n) is 10.3. The fourth-order valence-corrected chi connectivity index (χ4v) is 2.17. The molecule has 0 fully saturated rings. The van der Waals surface area contributed by atoms with Gasteiger partial charge in [0.15, 0.2) is 11.6 Å². The van der Waals surface area contributed by atoms with Crippen LogP contribution < -0.4 is 5.32 Å². The van der Waals surface area contributed by atoms with E-state index in [4.69, 9.17) is 11.6 Å². The van der Waals surface area contributed by atoms with Gasteiger partial charge in [-0.3, -0.25) is 0 Å². The Labute approximate surface area is 129 Å². The van der Waals surface area contributed by atoms with Gasteiger partial charge in [-0.2, -0.15) is 0 Å². The molecule has 0 aliphatic heterocycles. The highest BCUT2D eigenvalue weighted by molar-refractivity contribution is 14.1. The SMILES string of the molecule is CCCNc1nc(-c2cccc(Cl)c2F)ncc1I. The minimum Gasteiger partial charge on any atom is -0.369 e. The first-order valence-electron chi connectivity index (χ1n) is 5.84. The van der Waals surface area contributed by atoms with E-state index in [-0.39, 0.29) is 5.02 Å². The van der Waals surface area contributed by atoms with Gasteiger partial charge in [-0.15, -0.1) is 0 Å². The van der Waals surface area contributed by atoms with Gasteiger partial charge in [-0.1, -0.05) is 24.6 Å². The number of anilines is 1. The Morgan fingerprint density at radius 2 is 2.21 bits per heavy atom. The van der Waals surface area contributed by atoms with Crippen molar-refractivity contribution in [2.75, 3.05) is 11.9 Å². The Balaban J connectivity index is 2.42. The molecule has 0 aliphatic carbocycles. The summed E-state index contributed by atoms with van der Waals surface area (Å²) in [6, 6.07) is 4.80. The molecule has 1 aromatic heterocycles. The molecule has 0 saturated carbocycles. The van der Waals surface area contributed by atoms with Gasteiger partial charge < -0.3 is 5.32 Å². The van der Waals surface area contributed by atoms with Crippen molar-refractivity contribution in [1.29, 1.82) is 0 Å². The zero-order valence-corrected chi connectivity index (χ0v) is 13.2. The van der Waals surface area contributed by atoms with Crippen molar-refractivity contribution >= 4 is 40.0 Å². The second kappa shape index (κ2) is 6.47. The van der Waals surface area contributed by atoms with Crippen LogP contribution in [0.25, 0.3) is 11.4 Å². The van der Waals surface area contributed by atoms with Crippen LogP contribution in [0.3, 0.4) is 0 Å². The van der Waals surface area contributed by atoms with Crippen LogP contribution in [-0.2, 0) is 0 Å². The van der Waals surface area contributed by atoms with Gasteiger partial charge in [0, 0.05) is 12.7 Å². The van der Waals surface area contributed by atoms with Crippen LogP contribution in [0.4, 0.5) is 10.2 Å². The maximum atomic E-state index is 13.9. The van der Waals surface area contributed by atoms with Crippen LogP contribution in [-0.4, -0.2) is 16.5 Å². The third-order valence-electron chi connectivity index (χ3n) is 2.48. The molecule has 1 heterocycles. The highest BCUT2D eigenvalue weighted by Crippen LogP contribution is 2.26. The van der Waals surface area contributed by atoms with Gasteiger partial charge in [0.05, 0.1) is 14.2 Å². The van der Waals surface area contributed by atoms with E-state index in [1.165, 1.54) is 6.07 Å². The van der Waals surface area contributed by atoms with Crippen molar-refractivity contribution in [3.8, 4) is 11.4 Å². The zero-order chi connectivity index (χ0) is 13.8. The van der Waals surface area contributed by atoms with E-state index in [2.05, 4.69) is 44.8 Å². The Hall–Kier alpha value is -0.950. The monoisotopic (exact) mass is 391 g/mol. The average Bonchev–Trinajstić information content (AvgIpc) is 2.41. The van der Waals surface area contributed by atoms with Crippen LogP contribution in [0, 0.1) is 9.39 Å². The maximum absolute atomic E-state index is 13.9. The fourth-order valence-electron chi connectivity index (χ4n) is 1.54. The number of nitrogens with one attached hydrogen (secondary N) is 1. The first-order valence-corrected chi connectivity index (χ1v) is 7.30. The van der Waals surface area contributed by atoms with Gasteiger partial charge in [0.2, 0.25) is 0 Å². The Kier molecular flexibility index (Phi) is 4.93. The molecule has 2 rings (SSSR count). The topological polar surface area (TPSA) is 37.8 Å². The summed E-state index contributed by atoms with van der Waals surface area (Å²) in [5.74, 6) is 0.553. The molecule has 1 aromatic carbocycles. The Morgan fingerprint density at radius 3 is 2.95 bits per heavy atom. The van der Waals surface area contributed by atoms with E-state index in [0.717, 1.165) is 16.5 Å². The van der Waals surface area contributed by atoms with Crippen LogP contribution >= 0.6 is 34.2 Å². The lowest BCUT2D eigenvalue weighted by molar-refractivity contribution is 0.630. The number of halogens is 3. The van der Waals surface area contributed by atoms with Crippen molar-refractivity contribution < 1.29 is 4.39 Å². The molecule has 0 bridgehead atoms. The second-order valence-electron chi connectivity index (χ2n) is 3.92. The predicted molar refractivity (Wildman–Crippen MR) is 83.9 cm³/mol. The fraction of sp³-hybridized carbons (Fsp3) is 0.231. The number of benzene rings is 1. The predicted octanol–water partition coefficient (Wildman–Crippen LogP) is 4.36. The summed E-state index contributed by atoms with van der Waals surface area (Å²) < 4.78 is 14.8. The minimum absolute atomic E-state index is 0.0720. The first-order chi connectivity index (χ1) is 9.13. The standard InChI is InChI=1S/C13H12ClFIN3/c1-2-6-17-13-10(16)7-18-12(19-13)8-4-3-5-9(14)11(8)15/h3-5,7H,2,6H2,1H3,(H,17,18,19). The molecule has 2 aromatic rings. The van der Waals surface area contributed by atoms with E-state index in [0.29, 0.717) is 17.2 Å². The Bertz CT molecular complexity index is 592. The lowest BCUT2D eigenvalue weighted by atomic mass is 10.2. The summed E-state index contributed by atoms with van der Waals surface area (Å²) in [5, 5.41) is 3.26. The molecule has 1 N–H and O–H groups in total. The largest absolute Gasteiger partial charge is 0.369 e. The molecule has 6 heteroatoms. The van der Waals surface area contributed by atoms with Gasteiger partial charge in [-0.25, -0.2) is 14.4 Å². The van der Waals surface area contributed by atoms with Crippen LogP contribution in [0.15, 0.2) is 24.4 Å². The normalized spacial score (nSPS) is 10.5. The average molecular weight is 392 g/mol. The summed E-state index contributed by atoms with van der Waals surface area (Å²) in [5.41, 5.74) is 0.309. The minimum atomic E-state index is -0.494. The van der Waals surface area contributed by atoms with Crippen molar-refractivity contribution in [3.63, 3.8) is 0 Å². The van der Waals surface area contributed by atoms with Gasteiger partial charge in [0.1, 0.15) is 5.82 Å². The van der Waals surface area contributed by atoms with E-state index in [1.54, 1.807) is 18.3 Å². The molecular weight excluding hydrogens is 380 g/mol. The number of rotatable bonds is 4. The Morgan fingerprint density at radius 1 is 1.42 bits per heavy atom. The lowest BCUT2D eigenvalue weighted by Gasteiger charge is -2.09. The molecule has 0 radical (unpaired) electrons. The molecule has 0 aliphatic rings. The molecular formula is C13H12ClFIN3. The lowest BCUT2D eigenvalue weighted by Crippen LogP contribution is -2.06. The number of hydrogen-bond donors (Lipinski definition) is 1. The number of aromatic nitrogens is 2. The molecule has 0 atom stereocenters. The van der Waals surface area contributed by atoms with Gasteiger partial charge >= 0.3 is 0 Å². The second-order valence-corrected chi connectivity index (χ2v) is 5.49. The summed E-state index contributed by atoms with van der Waals surface area (Å²) in [6.45, 7) is 2.88. The van der Waals surface area contributed by atoms with Crippen molar-refractivity contribution in [1.82, 2.24) is 9.97 Å². The van der Waals surface area contributed by atoms with E-state index in [1.807, 2.05) is 0 Å². The molecule has 19 heavy (non-hydrogen) atoms. The van der Waals surface area contributed by atoms with Crippen LogP contribution in [0.5, 0.6) is 0 Å². The quantitative estimate of drug-likeness (QED) is 0.787. The molecule has 0 spiro atoms. The van der Waals surface area contributed by atoms with Gasteiger partial charge in [0.25, 0.3) is 0 Å².